The number of aryl methyl sites for hydroxylation is 1. The number of nitro benzene ring substituents is 1. The monoisotopic (exact) mass is 318 g/mol. The lowest BCUT2D eigenvalue weighted by atomic mass is 10.2. The lowest BCUT2D eigenvalue weighted by Gasteiger charge is -2.16. The molecule has 0 radical (unpaired) electrons. The van der Waals surface area contributed by atoms with E-state index in [0.717, 1.165) is 0 Å². The van der Waals surface area contributed by atoms with Gasteiger partial charge in [-0.2, -0.15) is 0 Å². The predicted octanol–water partition coefficient (Wildman–Crippen LogP) is 1.58. The van der Waals surface area contributed by atoms with Gasteiger partial charge in [-0.25, -0.2) is 8.42 Å². The first kappa shape index (κ1) is 14.7. The molecule has 0 aromatic heterocycles. The molecule has 2 rings (SSSR count). The van der Waals surface area contributed by atoms with Crippen LogP contribution in [0.1, 0.15) is 12.0 Å². The number of rotatable bonds is 3. The smallest absolute Gasteiger partial charge is 0.274 e. The van der Waals surface area contributed by atoms with Crippen molar-refractivity contribution in [2.24, 2.45) is 0 Å². The molecule has 1 unspecified atom stereocenters. The van der Waals surface area contributed by atoms with E-state index in [-0.39, 0.29) is 18.7 Å². The minimum atomic E-state index is -3.84. The zero-order chi connectivity index (χ0) is 15.1. The standard InChI is InChI=1S/C11H11ClN2O5S/c1-7-2-3-8(4-10(7)14(16)17)13-6-9(5-11(13)15)20(12,18)19/h2-4,9H,5-6H2,1H3. The first-order valence-corrected chi connectivity index (χ1v) is 8.06. The van der Waals surface area contributed by atoms with Crippen LogP contribution in [0.25, 0.3) is 0 Å². The van der Waals surface area contributed by atoms with Gasteiger partial charge in [0.15, 0.2) is 0 Å². The highest BCUT2D eigenvalue weighted by Crippen LogP contribution is 2.30. The maximum atomic E-state index is 11.8. The zero-order valence-corrected chi connectivity index (χ0v) is 12.0. The van der Waals surface area contributed by atoms with Crippen LogP contribution >= 0.6 is 10.7 Å². The van der Waals surface area contributed by atoms with Crippen molar-refractivity contribution in [3.8, 4) is 0 Å². The van der Waals surface area contributed by atoms with Crippen LogP contribution in [-0.4, -0.2) is 31.0 Å². The summed E-state index contributed by atoms with van der Waals surface area (Å²) in [5.41, 5.74) is 0.648. The minimum Gasteiger partial charge on any atom is -0.311 e. The number of carbonyl (C=O) groups excluding carboxylic acids is 1. The van der Waals surface area contributed by atoms with Gasteiger partial charge >= 0.3 is 0 Å². The molecule has 20 heavy (non-hydrogen) atoms. The van der Waals surface area contributed by atoms with E-state index in [4.69, 9.17) is 10.7 Å². The molecular weight excluding hydrogens is 308 g/mol. The van der Waals surface area contributed by atoms with E-state index in [9.17, 15) is 23.3 Å². The molecule has 0 aliphatic carbocycles. The first-order valence-electron chi connectivity index (χ1n) is 5.69. The van der Waals surface area contributed by atoms with Crippen LogP contribution in [0.2, 0.25) is 0 Å². The molecule has 1 saturated heterocycles. The molecule has 0 bridgehead atoms. The van der Waals surface area contributed by atoms with Crippen LogP contribution in [0.15, 0.2) is 18.2 Å². The average Bonchev–Trinajstić information content (AvgIpc) is 2.71. The number of benzene rings is 1. The van der Waals surface area contributed by atoms with E-state index in [2.05, 4.69) is 0 Å². The van der Waals surface area contributed by atoms with Crippen LogP contribution in [0.4, 0.5) is 11.4 Å². The molecule has 1 aliphatic heterocycles. The van der Waals surface area contributed by atoms with Crippen LogP contribution in [0.5, 0.6) is 0 Å². The fourth-order valence-corrected chi connectivity index (χ4v) is 3.10. The fraction of sp³-hybridized carbons (Fsp3) is 0.364. The molecule has 7 nitrogen and oxygen atoms in total. The molecule has 1 aromatic rings. The summed E-state index contributed by atoms with van der Waals surface area (Å²) in [5.74, 6) is -0.419. The molecule has 1 amide bonds. The molecule has 1 atom stereocenters. The Balaban J connectivity index is 2.36. The normalized spacial score (nSPS) is 19.4. The highest BCUT2D eigenvalue weighted by Gasteiger charge is 2.38. The van der Waals surface area contributed by atoms with Gasteiger partial charge in [0.1, 0.15) is 5.25 Å². The summed E-state index contributed by atoms with van der Waals surface area (Å²) in [7, 11) is 1.41. The van der Waals surface area contributed by atoms with Gasteiger partial charge in [-0.15, -0.1) is 0 Å². The van der Waals surface area contributed by atoms with Gasteiger partial charge in [0.2, 0.25) is 15.0 Å². The Bertz CT molecular complexity index is 688. The van der Waals surface area contributed by atoms with Crippen molar-refractivity contribution in [1.82, 2.24) is 0 Å². The third-order valence-electron chi connectivity index (χ3n) is 3.19. The molecule has 108 valence electrons. The van der Waals surface area contributed by atoms with Gasteiger partial charge in [-0.05, 0) is 13.0 Å². The summed E-state index contributed by atoms with van der Waals surface area (Å²) in [6.07, 6.45) is -0.215. The van der Waals surface area contributed by atoms with Crippen molar-refractivity contribution >= 4 is 37.0 Å². The SMILES string of the molecule is Cc1ccc(N2CC(S(=O)(=O)Cl)CC2=O)cc1[N+](=O)[O-]. The second-order valence-corrected chi connectivity index (χ2v) is 7.44. The molecule has 0 saturated carbocycles. The van der Waals surface area contributed by atoms with Gasteiger partial charge < -0.3 is 4.90 Å². The van der Waals surface area contributed by atoms with Crippen molar-refractivity contribution in [2.45, 2.75) is 18.6 Å². The molecule has 1 fully saturated rings. The molecule has 9 heteroatoms. The van der Waals surface area contributed by atoms with Crippen LogP contribution in [-0.2, 0) is 13.8 Å². The summed E-state index contributed by atoms with van der Waals surface area (Å²) in [6, 6.07) is 4.32. The Kier molecular flexibility index (Phi) is 3.70. The largest absolute Gasteiger partial charge is 0.311 e. The van der Waals surface area contributed by atoms with Gasteiger partial charge in [0.25, 0.3) is 5.69 Å². The first-order chi connectivity index (χ1) is 9.20. The molecule has 1 aromatic carbocycles. The summed E-state index contributed by atoms with van der Waals surface area (Å²) < 4.78 is 22.5. The number of nitro groups is 1. The highest BCUT2D eigenvalue weighted by atomic mass is 35.7. The molecule has 1 aliphatic rings. The quantitative estimate of drug-likeness (QED) is 0.478. The summed E-state index contributed by atoms with van der Waals surface area (Å²) in [5, 5.41) is 9.89. The number of nitrogens with zero attached hydrogens (tertiary/aromatic N) is 2. The topological polar surface area (TPSA) is 97.6 Å². The van der Waals surface area contributed by atoms with E-state index in [1.54, 1.807) is 13.0 Å². The number of anilines is 1. The van der Waals surface area contributed by atoms with Crippen LogP contribution in [0.3, 0.4) is 0 Å². The van der Waals surface area contributed by atoms with E-state index in [0.29, 0.717) is 11.3 Å². The minimum absolute atomic E-state index is 0.0924. The Morgan fingerprint density at radius 3 is 2.60 bits per heavy atom. The highest BCUT2D eigenvalue weighted by molar-refractivity contribution is 8.14. The van der Waals surface area contributed by atoms with Crippen molar-refractivity contribution in [3.63, 3.8) is 0 Å². The van der Waals surface area contributed by atoms with Gasteiger partial charge in [-0.1, -0.05) is 6.07 Å². The Hall–Kier alpha value is -1.67. The Morgan fingerprint density at radius 2 is 2.10 bits per heavy atom. The predicted molar refractivity (Wildman–Crippen MR) is 73.4 cm³/mol. The average molecular weight is 319 g/mol. The van der Waals surface area contributed by atoms with Crippen molar-refractivity contribution in [2.75, 3.05) is 11.4 Å². The Labute approximate surface area is 119 Å². The van der Waals surface area contributed by atoms with Gasteiger partial charge in [0.05, 0.1) is 10.6 Å². The maximum absolute atomic E-state index is 11.8. The van der Waals surface area contributed by atoms with E-state index in [1.165, 1.54) is 17.0 Å². The summed E-state index contributed by atoms with van der Waals surface area (Å²) in [6.45, 7) is 1.49. The lowest BCUT2D eigenvalue weighted by molar-refractivity contribution is -0.385. The molecule has 0 N–H and O–H groups in total. The van der Waals surface area contributed by atoms with E-state index < -0.39 is 25.1 Å². The summed E-state index contributed by atoms with van der Waals surface area (Å²) >= 11 is 0. The fourth-order valence-electron chi connectivity index (χ4n) is 2.08. The van der Waals surface area contributed by atoms with E-state index >= 15 is 0 Å². The van der Waals surface area contributed by atoms with Crippen molar-refractivity contribution in [1.29, 1.82) is 0 Å². The van der Waals surface area contributed by atoms with Crippen LogP contribution < -0.4 is 4.90 Å². The number of halogens is 1. The lowest BCUT2D eigenvalue weighted by Crippen LogP contribution is -2.26. The summed E-state index contributed by atoms with van der Waals surface area (Å²) in [4.78, 5) is 23.4. The number of amides is 1. The van der Waals surface area contributed by atoms with Crippen molar-refractivity contribution < 1.29 is 18.1 Å². The molecule has 1 heterocycles. The second-order valence-electron chi connectivity index (χ2n) is 4.53. The van der Waals surface area contributed by atoms with E-state index in [1.807, 2.05) is 0 Å². The van der Waals surface area contributed by atoms with Gasteiger partial charge in [-0.3, -0.25) is 14.9 Å². The number of carbonyl (C=O) groups is 1. The van der Waals surface area contributed by atoms with Crippen LogP contribution in [0, 0.1) is 17.0 Å². The molecular formula is C11H11ClN2O5S. The third-order valence-corrected chi connectivity index (χ3v) is 5.06. The second kappa shape index (κ2) is 5.02. The third kappa shape index (κ3) is 2.75. The Morgan fingerprint density at radius 1 is 1.45 bits per heavy atom. The maximum Gasteiger partial charge on any atom is 0.274 e. The molecule has 0 spiro atoms. The van der Waals surface area contributed by atoms with Gasteiger partial charge in [0, 0.05) is 35.3 Å². The number of hydrogen-bond acceptors (Lipinski definition) is 5. The van der Waals surface area contributed by atoms with Crippen molar-refractivity contribution in [3.05, 3.63) is 33.9 Å². The number of hydrogen-bond donors (Lipinski definition) is 0. The zero-order valence-electron chi connectivity index (χ0n) is 10.4.